The number of hydrogen-bond donors (Lipinski definition) is 1. The van der Waals surface area contributed by atoms with Gasteiger partial charge in [-0.3, -0.25) is 10.1 Å². The fourth-order valence-electron chi connectivity index (χ4n) is 2.84. The van der Waals surface area contributed by atoms with Crippen molar-refractivity contribution in [2.24, 2.45) is 5.92 Å². The van der Waals surface area contributed by atoms with Gasteiger partial charge in [-0.1, -0.05) is 0 Å². The van der Waals surface area contributed by atoms with Crippen LogP contribution in [0.4, 0.5) is 11.4 Å². The second-order valence-electron chi connectivity index (χ2n) is 5.50. The summed E-state index contributed by atoms with van der Waals surface area (Å²) in [5, 5.41) is 21.7. The molecule has 112 valence electrons. The van der Waals surface area contributed by atoms with Gasteiger partial charge in [0.2, 0.25) is 5.52 Å². The van der Waals surface area contributed by atoms with Gasteiger partial charge in [0.25, 0.3) is 0 Å². The normalized spacial score (nSPS) is 19.8. The monoisotopic (exact) mass is 291 g/mol. The number of rotatable bonds is 4. The van der Waals surface area contributed by atoms with Crippen LogP contribution >= 0.6 is 0 Å². The van der Waals surface area contributed by atoms with Gasteiger partial charge in [-0.05, 0) is 48.7 Å². The van der Waals surface area contributed by atoms with E-state index in [-0.39, 0.29) is 11.2 Å². The summed E-state index contributed by atoms with van der Waals surface area (Å²) in [6.45, 7) is 3.01. The van der Waals surface area contributed by atoms with E-state index in [0.717, 1.165) is 25.3 Å². The van der Waals surface area contributed by atoms with Gasteiger partial charge in [-0.25, -0.2) is 4.63 Å². The quantitative estimate of drug-likeness (QED) is 0.678. The van der Waals surface area contributed by atoms with Crippen molar-refractivity contribution < 1.29 is 9.55 Å². The fourth-order valence-corrected chi connectivity index (χ4v) is 2.84. The van der Waals surface area contributed by atoms with E-state index in [9.17, 15) is 10.1 Å². The molecule has 8 nitrogen and oxygen atoms in total. The number of nitro benzene ring substituents is 1. The molecule has 0 saturated carbocycles. The van der Waals surface area contributed by atoms with Crippen molar-refractivity contribution in [3.05, 3.63) is 22.2 Å². The summed E-state index contributed by atoms with van der Waals surface area (Å²) in [4.78, 5) is 12.8. The molecule has 1 fully saturated rings. The Morgan fingerprint density at radius 1 is 1.48 bits per heavy atom. The Morgan fingerprint density at radius 3 is 3.05 bits per heavy atom. The fraction of sp³-hybridized carbons (Fsp3) is 0.538. The number of aromatic nitrogens is 2. The second-order valence-corrected chi connectivity index (χ2v) is 5.50. The molecule has 1 aliphatic rings. The van der Waals surface area contributed by atoms with Crippen LogP contribution in [-0.2, 0) is 0 Å². The van der Waals surface area contributed by atoms with Gasteiger partial charge < -0.3 is 10.2 Å². The third-order valence-electron chi connectivity index (χ3n) is 3.89. The molecule has 0 spiro atoms. The minimum Gasteiger partial charge on any atom is -0.383 e. The van der Waals surface area contributed by atoms with E-state index in [1.54, 1.807) is 6.07 Å². The molecule has 0 bridgehead atoms. The first-order valence-electron chi connectivity index (χ1n) is 6.97. The van der Waals surface area contributed by atoms with Crippen molar-refractivity contribution in [3.63, 3.8) is 0 Å². The standard InChI is InChI=1S/C13H17N5O3/c1-17-6-2-3-9(8-17)7-14-10-4-5-11(18(19)20)13-12(10)15-21-16-13/h4-5,9,14H,2-3,6-8H2,1H3. The number of nitrogens with zero attached hydrogens (tertiary/aromatic N) is 4. The van der Waals surface area contributed by atoms with Crippen LogP contribution in [0.3, 0.4) is 0 Å². The Bertz CT molecular complexity index is 656. The maximum absolute atomic E-state index is 10.9. The Kier molecular flexibility index (Phi) is 3.70. The predicted molar refractivity (Wildman–Crippen MR) is 77.2 cm³/mol. The molecule has 0 radical (unpaired) electrons. The second kappa shape index (κ2) is 5.65. The van der Waals surface area contributed by atoms with Gasteiger partial charge >= 0.3 is 5.69 Å². The minimum atomic E-state index is -0.480. The smallest absolute Gasteiger partial charge is 0.300 e. The lowest BCUT2D eigenvalue weighted by Gasteiger charge is -2.29. The molecule has 1 saturated heterocycles. The lowest BCUT2D eigenvalue weighted by atomic mass is 9.98. The highest BCUT2D eigenvalue weighted by molar-refractivity contribution is 5.93. The Hall–Kier alpha value is -2.22. The van der Waals surface area contributed by atoms with E-state index in [0.29, 0.717) is 11.4 Å². The van der Waals surface area contributed by atoms with Crippen LogP contribution in [0.25, 0.3) is 11.0 Å². The molecule has 3 rings (SSSR count). The molecule has 1 aromatic heterocycles. The van der Waals surface area contributed by atoms with E-state index in [1.807, 2.05) is 0 Å². The molecule has 1 unspecified atom stereocenters. The maximum atomic E-state index is 10.9. The predicted octanol–water partition coefficient (Wildman–Crippen LogP) is 1.88. The molecule has 21 heavy (non-hydrogen) atoms. The average Bonchev–Trinajstić information content (AvgIpc) is 2.94. The molecular formula is C13H17N5O3. The molecule has 1 aromatic carbocycles. The largest absolute Gasteiger partial charge is 0.383 e. The summed E-state index contributed by atoms with van der Waals surface area (Å²) in [6, 6.07) is 3.10. The Morgan fingerprint density at radius 2 is 2.29 bits per heavy atom. The Labute approximate surface area is 121 Å². The third kappa shape index (κ3) is 2.80. The number of hydrogen-bond acceptors (Lipinski definition) is 7. The third-order valence-corrected chi connectivity index (χ3v) is 3.89. The van der Waals surface area contributed by atoms with Crippen LogP contribution < -0.4 is 5.32 Å². The first-order chi connectivity index (χ1) is 10.1. The molecule has 8 heteroatoms. The maximum Gasteiger partial charge on any atom is 0.300 e. The summed E-state index contributed by atoms with van der Waals surface area (Å²) in [7, 11) is 2.12. The molecule has 1 N–H and O–H groups in total. The Balaban J connectivity index is 1.77. The van der Waals surface area contributed by atoms with Crippen molar-refractivity contribution >= 4 is 22.4 Å². The number of fused-ring (bicyclic) bond motifs is 1. The lowest BCUT2D eigenvalue weighted by molar-refractivity contribution is -0.383. The highest BCUT2D eigenvalue weighted by Crippen LogP contribution is 2.29. The highest BCUT2D eigenvalue weighted by atomic mass is 16.6. The van der Waals surface area contributed by atoms with Gasteiger partial charge in [-0.2, -0.15) is 0 Å². The molecule has 2 aromatic rings. The molecule has 0 amide bonds. The van der Waals surface area contributed by atoms with E-state index in [1.165, 1.54) is 18.9 Å². The van der Waals surface area contributed by atoms with Crippen molar-refractivity contribution in [1.29, 1.82) is 0 Å². The number of nitro groups is 1. The zero-order valence-electron chi connectivity index (χ0n) is 11.8. The summed E-state index contributed by atoms with van der Waals surface area (Å²) < 4.78 is 4.65. The van der Waals surface area contributed by atoms with Crippen LogP contribution in [-0.4, -0.2) is 46.8 Å². The van der Waals surface area contributed by atoms with Crippen LogP contribution in [0.1, 0.15) is 12.8 Å². The SMILES string of the molecule is CN1CCCC(CNc2ccc([N+](=O)[O-])c3nonc23)C1. The van der Waals surface area contributed by atoms with Gasteiger partial charge in [0.05, 0.1) is 10.6 Å². The first kappa shape index (κ1) is 13.7. The summed E-state index contributed by atoms with van der Waals surface area (Å²) in [5.74, 6) is 0.564. The van der Waals surface area contributed by atoms with Crippen LogP contribution in [0.2, 0.25) is 0 Å². The summed E-state index contributed by atoms with van der Waals surface area (Å²) in [5.41, 5.74) is 1.23. The number of nitrogens with one attached hydrogen (secondary N) is 1. The van der Waals surface area contributed by atoms with Crippen molar-refractivity contribution in [1.82, 2.24) is 15.2 Å². The molecular weight excluding hydrogens is 274 g/mol. The number of anilines is 1. The van der Waals surface area contributed by atoms with Crippen LogP contribution in [0, 0.1) is 16.0 Å². The number of piperidine rings is 1. The van der Waals surface area contributed by atoms with Crippen LogP contribution in [0.15, 0.2) is 16.8 Å². The van der Waals surface area contributed by atoms with E-state index in [2.05, 4.69) is 32.2 Å². The number of likely N-dealkylation sites (tertiary alicyclic amines) is 1. The molecule has 0 aliphatic carbocycles. The highest BCUT2D eigenvalue weighted by Gasteiger charge is 2.21. The van der Waals surface area contributed by atoms with Gasteiger partial charge in [0, 0.05) is 19.2 Å². The van der Waals surface area contributed by atoms with Crippen molar-refractivity contribution in [3.8, 4) is 0 Å². The number of non-ortho nitro benzene ring substituents is 1. The minimum absolute atomic E-state index is 0.0887. The van der Waals surface area contributed by atoms with E-state index < -0.39 is 4.92 Å². The topological polar surface area (TPSA) is 97.3 Å². The van der Waals surface area contributed by atoms with E-state index >= 15 is 0 Å². The average molecular weight is 291 g/mol. The zero-order chi connectivity index (χ0) is 14.8. The van der Waals surface area contributed by atoms with Crippen molar-refractivity contribution in [2.75, 3.05) is 32.0 Å². The molecule has 1 atom stereocenters. The van der Waals surface area contributed by atoms with Gasteiger partial charge in [0.1, 0.15) is 0 Å². The zero-order valence-corrected chi connectivity index (χ0v) is 11.8. The molecule has 2 heterocycles. The summed E-state index contributed by atoms with van der Waals surface area (Å²) in [6.07, 6.45) is 2.38. The lowest BCUT2D eigenvalue weighted by Crippen LogP contribution is -2.35. The first-order valence-corrected chi connectivity index (χ1v) is 6.97. The summed E-state index contributed by atoms with van der Waals surface area (Å²) >= 11 is 0. The van der Waals surface area contributed by atoms with Gasteiger partial charge in [0.15, 0.2) is 5.52 Å². The molecule has 1 aliphatic heterocycles. The van der Waals surface area contributed by atoms with Gasteiger partial charge in [-0.15, -0.1) is 0 Å². The van der Waals surface area contributed by atoms with E-state index in [4.69, 9.17) is 0 Å². The van der Waals surface area contributed by atoms with Crippen LogP contribution in [0.5, 0.6) is 0 Å². The van der Waals surface area contributed by atoms with Crippen molar-refractivity contribution in [2.45, 2.75) is 12.8 Å². The number of benzene rings is 1.